The summed E-state index contributed by atoms with van der Waals surface area (Å²) in [7, 11) is 0. The van der Waals surface area contributed by atoms with Crippen molar-refractivity contribution >= 4 is 0 Å². The lowest BCUT2D eigenvalue weighted by atomic mass is 10.3. The Morgan fingerprint density at radius 1 is 0.579 bits per heavy atom. The quantitative estimate of drug-likeness (QED) is 0.703. The van der Waals surface area contributed by atoms with Crippen LogP contribution >= 0.6 is 0 Å². The second kappa shape index (κ2) is 10.6. The normalized spacial score (nSPS) is 21.0. The molecule has 0 N–H and O–H groups in total. The Hall–Kier alpha value is -0.120. The molecule has 0 spiro atoms. The summed E-state index contributed by atoms with van der Waals surface area (Å²) < 4.78 is 0. The largest absolute Gasteiger partial charge is 0.301 e. The first-order chi connectivity index (χ1) is 9.30. The van der Waals surface area contributed by atoms with Crippen LogP contribution in [0.15, 0.2) is 0 Å². The molecular weight excluding hydrogens is 234 g/mol. The van der Waals surface area contributed by atoms with Gasteiger partial charge in [0.2, 0.25) is 0 Å². The summed E-state index contributed by atoms with van der Waals surface area (Å²) in [4.78, 5) is 7.97. The van der Waals surface area contributed by atoms with Gasteiger partial charge in [0.25, 0.3) is 0 Å². The van der Waals surface area contributed by atoms with E-state index in [0.717, 1.165) is 0 Å². The van der Waals surface area contributed by atoms with E-state index in [-0.39, 0.29) is 0 Å². The minimum atomic E-state index is 1.20. The predicted molar refractivity (Wildman–Crippen MR) is 84.8 cm³/mol. The minimum Gasteiger partial charge on any atom is -0.301 e. The molecule has 0 aromatic rings. The average Bonchev–Trinajstić information content (AvgIpc) is 2.53. The fraction of sp³-hybridized carbons (Fsp3) is 1.00. The molecule has 1 aliphatic heterocycles. The Bertz CT molecular complexity index is 188. The molecule has 0 saturated carbocycles. The molecule has 1 saturated heterocycles. The smallest absolute Gasteiger partial charge is 0.0110 e. The highest BCUT2D eigenvalue weighted by Gasteiger charge is 2.14. The number of unbranched alkanes of at least 4 members (excludes halogenated alkanes) is 2. The summed E-state index contributed by atoms with van der Waals surface area (Å²) in [6.45, 7) is 18.2. The van der Waals surface area contributed by atoms with Crippen LogP contribution < -0.4 is 0 Å². The Labute approximate surface area is 120 Å². The fourth-order valence-electron chi connectivity index (χ4n) is 2.71. The zero-order valence-corrected chi connectivity index (χ0v) is 13.5. The third-order valence-corrected chi connectivity index (χ3v) is 4.30. The van der Waals surface area contributed by atoms with E-state index >= 15 is 0 Å². The summed E-state index contributed by atoms with van der Waals surface area (Å²) in [6, 6.07) is 0. The van der Waals surface area contributed by atoms with Crippen molar-refractivity contribution in [2.45, 2.75) is 46.5 Å². The lowest BCUT2D eigenvalue weighted by Crippen LogP contribution is -2.36. The molecule has 1 aliphatic rings. The van der Waals surface area contributed by atoms with Gasteiger partial charge >= 0.3 is 0 Å². The molecule has 0 aromatic carbocycles. The maximum absolute atomic E-state index is 2.68. The molecule has 0 unspecified atom stereocenters. The lowest BCUT2D eigenvalue weighted by Gasteiger charge is -2.25. The van der Waals surface area contributed by atoms with E-state index in [4.69, 9.17) is 0 Å². The highest BCUT2D eigenvalue weighted by Crippen LogP contribution is 2.03. The van der Waals surface area contributed by atoms with Gasteiger partial charge in [-0.05, 0) is 32.5 Å². The zero-order chi connectivity index (χ0) is 13.9. The van der Waals surface area contributed by atoms with Gasteiger partial charge < -0.3 is 14.7 Å². The number of hydrogen-bond acceptors (Lipinski definition) is 3. The van der Waals surface area contributed by atoms with E-state index in [1.54, 1.807) is 0 Å². The molecule has 1 fully saturated rings. The molecule has 114 valence electrons. The molecule has 1 heterocycles. The van der Waals surface area contributed by atoms with Crippen LogP contribution in [0.2, 0.25) is 0 Å². The van der Waals surface area contributed by atoms with E-state index in [2.05, 4.69) is 35.5 Å². The van der Waals surface area contributed by atoms with Crippen LogP contribution in [0.3, 0.4) is 0 Å². The maximum atomic E-state index is 2.68. The molecule has 0 radical (unpaired) electrons. The Balaban J connectivity index is 2.46. The van der Waals surface area contributed by atoms with Gasteiger partial charge in [0.15, 0.2) is 0 Å². The molecule has 0 aliphatic carbocycles. The highest BCUT2D eigenvalue weighted by molar-refractivity contribution is 4.71. The van der Waals surface area contributed by atoms with Crippen LogP contribution in [-0.2, 0) is 0 Å². The zero-order valence-electron chi connectivity index (χ0n) is 13.5. The third-order valence-electron chi connectivity index (χ3n) is 4.30. The van der Waals surface area contributed by atoms with Crippen molar-refractivity contribution in [1.29, 1.82) is 0 Å². The summed E-state index contributed by atoms with van der Waals surface area (Å²) >= 11 is 0. The number of nitrogens with zero attached hydrogens (tertiary/aromatic N) is 3. The summed E-state index contributed by atoms with van der Waals surface area (Å²) in [6.07, 6.45) is 5.32. The molecule has 1 rings (SSSR count). The van der Waals surface area contributed by atoms with Crippen molar-refractivity contribution in [3.63, 3.8) is 0 Å². The van der Waals surface area contributed by atoms with Crippen molar-refractivity contribution in [2.24, 2.45) is 0 Å². The van der Waals surface area contributed by atoms with Crippen LogP contribution in [0.4, 0.5) is 0 Å². The number of hydrogen-bond donors (Lipinski definition) is 0. The molecule has 0 amide bonds. The molecule has 0 aromatic heterocycles. The number of rotatable bonds is 7. The Kier molecular flexibility index (Phi) is 9.48. The van der Waals surface area contributed by atoms with Gasteiger partial charge in [0.05, 0.1) is 0 Å². The standard InChI is InChI=1S/C16H35N3/c1-4-7-9-18-13-11-17(6-3)12-14-19(16-15-18)10-8-5-2/h4-16H2,1-3H3. The SMILES string of the molecule is CCCCN1CCN(CC)CCN(CCCC)CC1. The van der Waals surface area contributed by atoms with Gasteiger partial charge in [-0.1, -0.05) is 33.6 Å². The van der Waals surface area contributed by atoms with Crippen molar-refractivity contribution in [3.05, 3.63) is 0 Å². The van der Waals surface area contributed by atoms with Crippen LogP contribution in [0, 0.1) is 0 Å². The van der Waals surface area contributed by atoms with Crippen LogP contribution in [0.5, 0.6) is 0 Å². The molecule has 19 heavy (non-hydrogen) atoms. The summed E-state index contributed by atoms with van der Waals surface area (Å²) in [5.41, 5.74) is 0. The average molecular weight is 269 g/mol. The molecule has 0 atom stereocenters. The first kappa shape index (κ1) is 16.9. The summed E-state index contributed by atoms with van der Waals surface area (Å²) in [5, 5.41) is 0. The van der Waals surface area contributed by atoms with Crippen molar-refractivity contribution < 1.29 is 0 Å². The van der Waals surface area contributed by atoms with Gasteiger partial charge in [-0.3, -0.25) is 0 Å². The Morgan fingerprint density at radius 3 is 1.26 bits per heavy atom. The Morgan fingerprint density at radius 2 is 0.947 bits per heavy atom. The van der Waals surface area contributed by atoms with Crippen molar-refractivity contribution in [2.75, 3.05) is 58.9 Å². The predicted octanol–water partition coefficient (Wildman–Crippen LogP) is 2.53. The summed E-state index contributed by atoms with van der Waals surface area (Å²) in [5.74, 6) is 0. The monoisotopic (exact) mass is 269 g/mol. The second-order valence-corrected chi connectivity index (χ2v) is 5.82. The van der Waals surface area contributed by atoms with E-state index in [0.29, 0.717) is 0 Å². The van der Waals surface area contributed by atoms with Crippen molar-refractivity contribution in [3.8, 4) is 0 Å². The van der Waals surface area contributed by atoms with Crippen LogP contribution in [-0.4, -0.2) is 73.6 Å². The first-order valence-electron chi connectivity index (χ1n) is 8.47. The van der Waals surface area contributed by atoms with E-state index in [9.17, 15) is 0 Å². The molecule has 3 nitrogen and oxygen atoms in total. The van der Waals surface area contributed by atoms with Crippen LogP contribution in [0.25, 0.3) is 0 Å². The van der Waals surface area contributed by atoms with Gasteiger partial charge in [0.1, 0.15) is 0 Å². The first-order valence-corrected chi connectivity index (χ1v) is 8.47. The van der Waals surface area contributed by atoms with Gasteiger partial charge in [-0.25, -0.2) is 0 Å². The minimum absolute atomic E-state index is 1.20. The highest BCUT2D eigenvalue weighted by atomic mass is 15.3. The maximum Gasteiger partial charge on any atom is 0.0110 e. The molecular formula is C16H35N3. The molecule has 0 bridgehead atoms. The van der Waals surface area contributed by atoms with E-state index in [1.165, 1.54) is 84.6 Å². The topological polar surface area (TPSA) is 9.72 Å². The third kappa shape index (κ3) is 7.28. The van der Waals surface area contributed by atoms with Gasteiger partial charge in [-0.15, -0.1) is 0 Å². The van der Waals surface area contributed by atoms with E-state index in [1.807, 2.05) is 0 Å². The number of likely N-dealkylation sites (N-methyl/N-ethyl adjacent to an activating group) is 1. The van der Waals surface area contributed by atoms with E-state index < -0.39 is 0 Å². The van der Waals surface area contributed by atoms with Crippen molar-refractivity contribution in [1.82, 2.24) is 14.7 Å². The van der Waals surface area contributed by atoms with Gasteiger partial charge in [0, 0.05) is 39.3 Å². The lowest BCUT2D eigenvalue weighted by molar-refractivity contribution is 0.215. The second-order valence-electron chi connectivity index (χ2n) is 5.82. The van der Waals surface area contributed by atoms with Gasteiger partial charge in [-0.2, -0.15) is 0 Å². The molecule has 3 heteroatoms. The van der Waals surface area contributed by atoms with Crippen LogP contribution in [0.1, 0.15) is 46.5 Å². The fourth-order valence-corrected chi connectivity index (χ4v) is 2.71.